The van der Waals surface area contributed by atoms with E-state index in [9.17, 15) is 22.1 Å². The number of fused-ring (bicyclic) bond motifs is 6. The van der Waals surface area contributed by atoms with Crippen molar-refractivity contribution in [2.24, 2.45) is 0 Å². The van der Waals surface area contributed by atoms with E-state index in [0.717, 1.165) is 89.5 Å². The van der Waals surface area contributed by atoms with Crippen molar-refractivity contribution < 1.29 is 16.8 Å². The summed E-state index contributed by atoms with van der Waals surface area (Å²) < 4.78 is 54.2. The smallest absolute Gasteiger partial charge is 0.180 e. The quantitative estimate of drug-likeness (QED) is 0.129. The average Bonchev–Trinajstić information content (AvgIpc) is 4.14. The fraction of sp³-hybridized carbons (Fsp3) is 0.314. The van der Waals surface area contributed by atoms with Crippen LogP contribution in [0.4, 0.5) is 11.6 Å². The number of sulfone groups is 2. The number of hydrogen-bond acceptors (Lipinski definition) is 15. The van der Waals surface area contributed by atoms with E-state index in [1.54, 1.807) is 24.8 Å². The van der Waals surface area contributed by atoms with Crippen LogP contribution in [0.25, 0.3) is 56.1 Å². The molecule has 17 nitrogen and oxygen atoms in total. The van der Waals surface area contributed by atoms with E-state index in [-0.39, 0.29) is 45.3 Å². The Labute approximate surface area is 405 Å². The van der Waals surface area contributed by atoms with Gasteiger partial charge in [-0.05, 0) is 63.5 Å². The lowest BCUT2D eigenvalue weighted by Gasteiger charge is -2.35. The van der Waals surface area contributed by atoms with Crippen molar-refractivity contribution >= 4 is 42.6 Å². The summed E-state index contributed by atoms with van der Waals surface area (Å²) in [6.07, 6.45) is 18.7. The molecule has 70 heavy (non-hydrogen) atoms. The van der Waals surface area contributed by atoms with E-state index < -0.39 is 19.7 Å². The highest BCUT2D eigenvalue weighted by molar-refractivity contribution is 7.91. The van der Waals surface area contributed by atoms with Crippen molar-refractivity contribution in [3.63, 3.8) is 0 Å². The predicted octanol–water partition coefficient (Wildman–Crippen LogP) is 7.08. The van der Waals surface area contributed by atoms with Gasteiger partial charge in [-0.3, -0.25) is 9.97 Å². The molecule has 0 saturated carbocycles. The van der Waals surface area contributed by atoms with Crippen LogP contribution in [0, 0.1) is 11.5 Å². The van der Waals surface area contributed by atoms with E-state index in [4.69, 9.17) is 21.4 Å². The minimum absolute atomic E-state index is 0.0389. The van der Waals surface area contributed by atoms with Crippen molar-refractivity contribution in [3.05, 3.63) is 121 Å². The monoisotopic (exact) mass is 973 g/mol. The summed E-state index contributed by atoms with van der Waals surface area (Å²) in [5.41, 5.74) is 21.9. The SMILES string of the molecule is CS(=O)(=O)c1c(C2C[C@H]3CC[C@@H](C2)N3)nc2c(-c3ccc(-c4ccccc4)nc3)cnn2c1N.CS(=O)(=O)c1c(C2C[C@H]3CC[C@@H](C2)N3C#N)nc2c(-c3ccc(-c4ccccc4)nc3)cnn2c1N. The summed E-state index contributed by atoms with van der Waals surface area (Å²) in [4.78, 5) is 21.1. The highest BCUT2D eigenvalue weighted by atomic mass is 32.2. The molecule has 12 rings (SSSR count). The van der Waals surface area contributed by atoms with Crippen LogP contribution in [0.3, 0.4) is 0 Å². The van der Waals surface area contributed by atoms with Gasteiger partial charge in [-0.25, -0.2) is 26.8 Å². The second kappa shape index (κ2) is 17.6. The number of nitrogens with two attached hydrogens (primary N) is 2. The number of hydrogen-bond donors (Lipinski definition) is 3. The lowest BCUT2D eigenvalue weighted by molar-refractivity contribution is 0.195. The molecule has 0 aliphatic carbocycles. The zero-order chi connectivity index (χ0) is 48.5. The van der Waals surface area contributed by atoms with Crippen LogP contribution in [0.2, 0.25) is 0 Å². The lowest BCUT2D eigenvalue weighted by atomic mass is 9.88. The van der Waals surface area contributed by atoms with Crippen LogP contribution < -0.4 is 16.8 Å². The number of nitrogen functional groups attached to an aromatic ring is 2. The summed E-state index contributed by atoms with van der Waals surface area (Å²) in [5.74, 6) is 0.115. The van der Waals surface area contributed by atoms with Crippen LogP contribution in [0.15, 0.2) is 120 Å². The molecule has 2 unspecified atom stereocenters. The topological polar surface area (TPSA) is 246 Å². The van der Waals surface area contributed by atoms with Gasteiger partial charge in [0.2, 0.25) is 0 Å². The molecule has 6 aromatic heterocycles. The molecule has 4 bridgehead atoms. The number of nitriles is 1. The number of nitrogens with one attached hydrogen (secondary N) is 1. The Morgan fingerprint density at radius 2 is 1.00 bits per heavy atom. The second-order valence-electron chi connectivity index (χ2n) is 19.0. The molecule has 4 aliphatic heterocycles. The Morgan fingerprint density at radius 3 is 1.39 bits per heavy atom. The van der Waals surface area contributed by atoms with E-state index in [1.807, 2.05) is 89.8 Å². The highest BCUT2D eigenvalue weighted by Crippen LogP contribution is 2.46. The van der Waals surface area contributed by atoms with Crippen molar-refractivity contribution in [1.29, 1.82) is 5.26 Å². The zero-order valence-electron chi connectivity index (χ0n) is 38.6. The van der Waals surface area contributed by atoms with Crippen molar-refractivity contribution in [1.82, 2.24) is 49.4 Å². The van der Waals surface area contributed by atoms with Gasteiger partial charge in [0.1, 0.15) is 21.4 Å². The van der Waals surface area contributed by atoms with E-state index >= 15 is 0 Å². The molecular weight excluding hydrogens is 923 g/mol. The molecule has 19 heteroatoms. The number of piperidine rings is 2. The minimum atomic E-state index is -3.67. The maximum absolute atomic E-state index is 12.9. The maximum Gasteiger partial charge on any atom is 0.180 e. The molecule has 4 fully saturated rings. The van der Waals surface area contributed by atoms with Gasteiger partial charge in [0.25, 0.3) is 0 Å². The lowest BCUT2D eigenvalue weighted by Crippen LogP contribution is -2.39. The van der Waals surface area contributed by atoms with Crippen molar-refractivity contribution in [2.45, 2.75) is 97.2 Å². The molecule has 4 aliphatic rings. The number of nitrogens with zero attached hydrogens (tertiary/aromatic N) is 10. The fourth-order valence-corrected chi connectivity index (χ4v) is 13.4. The van der Waals surface area contributed by atoms with Crippen LogP contribution in [-0.2, 0) is 19.7 Å². The van der Waals surface area contributed by atoms with Crippen LogP contribution in [-0.4, -0.2) is 97.6 Å². The Morgan fingerprint density at radius 1 is 0.571 bits per heavy atom. The van der Waals surface area contributed by atoms with Crippen molar-refractivity contribution in [2.75, 3.05) is 24.0 Å². The second-order valence-corrected chi connectivity index (χ2v) is 22.9. The summed E-state index contributed by atoms with van der Waals surface area (Å²) in [7, 11) is -7.26. The normalized spacial score (nSPS) is 21.9. The molecule has 4 saturated heterocycles. The Kier molecular flexibility index (Phi) is 11.4. The summed E-state index contributed by atoms with van der Waals surface area (Å²) in [6.45, 7) is 0. The Balaban J connectivity index is 0.000000153. The van der Waals surface area contributed by atoms with Gasteiger partial charge in [0.15, 0.2) is 37.2 Å². The third kappa shape index (κ3) is 8.18. The number of anilines is 2. The molecule has 2 aromatic carbocycles. The molecule has 0 radical (unpaired) electrons. The maximum atomic E-state index is 12.9. The van der Waals surface area contributed by atoms with Gasteiger partial charge in [-0.15, -0.1) is 0 Å². The largest absolute Gasteiger partial charge is 0.382 e. The van der Waals surface area contributed by atoms with Crippen LogP contribution >= 0.6 is 0 Å². The molecule has 8 aromatic rings. The molecule has 356 valence electrons. The highest BCUT2D eigenvalue weighted by Gasteiger charge is 2.43. The first-order chi connectivity index (χ1) is 33.7. The van der Waals surface area contributed by atoms with Gasteiger partial charge in [-0.1, -0.05) is 72.8 Å². The summed E-state index contributed by atoms with van der Waals surface area (Å²) >= 11 is 0. The Hall–Kier alpha value is -7.27. The van der Waals surface area contributed by atoms with Gasteiger partial charge >= 0.3 is 0 Å². The standard InChI is InChI=1S/C26H25N7O2S.C25H26N6O2S/c1-36(34,35)24-23(18-11-19-8-9-20(12-18)32(19)15-27)31-26-21(14-30-33(26)25(24)28)17-7-10-22(29-13-17)16-5-3-2-4-6-16;1-34(32,33)23-22(17-11-18-8-9-19(12-17)29-18)30-25-20(14-28-31(25)24(23)26)16-7-10-21(27-13-16)15-5-3-2-4-6-15/h2-7,10,13-14,18-20H,8-9,11-12,28H2,1H3;2-7,10,13-14,17-19,29H,8-9,11-12,26H2,1H3/t18?,19-,20+;17?,18-,19+. The molecule has 0 spiro atoms. The fourth-order valence-electron chi connectivity index (χ4n) is 11.3. The first-order valence-electron chi connectivity index (χ1n) is 23.5. The molecular formula is C51H51N13O4S2. The van der Waals surface area contributed by atoms with Crippen LogP contribution in [0.5, 0.6) is 0 Å². The van der Waals surface area contributed by atoms with Crippen LogP contribution in [0.1, 0.15) is 74.6 Å². The third-order valence-corrected chi connectivity index (χ3v) is 16.8. The van der Waals surface area contributed by atoms with Crippen molar-refractivity contribution in [3.8, 4) is 51.0 Å². The Bertz CT molecular complexity index is 3540. The van der Waals surface area contributed by atoms with E-state index in [2.05, 4.69) is 31.7 Å². The minimum Gasteiger partial charge on any atom is -0.382 e. The number of rotatable bonds is 8. The first-order valence-corrected chi connectivity index (χ1v) is 27.2. The predicted molar refractivity (Wildman–Crippen MR) is 267 cm³/mol. The molecule has 0 amide bonds. The number of aromatic nitrogens is 8. The van der Waals surface area contributed by atoms with Gasteiger partial charge in [-0.2, -0.15) is 24.5 Å². The van der Waals surface area contributed by atoms with E-state index in [1.165, 1.54) is 15.3 Å². The summed E-state index contributed by atoms with van der Waals surface area (Å²) in [5, 5.41) is 22.0. The van der Waals surface area contributed by atoms with Gasteiger partial charge in [0.05, 0.1) is 35.2 Å². The third-order valence-electron chi connectivity index (χ3n) is 14.5. The molecule has 10 heterocycles. The zero-order valence-corrected chi connectivity index (χ0v) is 40.2. The van der Waals surface area contributed by atoms with E-state index in [0.29, 0.717) is 47.6 Å². The molecule has 6 atom stereocenters. The molecule has 5 N–H and O–H groups in total. The first kappa shape index (κ1) is 45.2. The number of pyridine rings is 2. The summed E-state index contributed by atoms with van der Waals surface area (Å²) in [6, 6.07) is 28.7. The van der Waals surface area contributed by atoms with Gasteiger partial charge in [0, 0.05) is 94.3 Å². The average molecular weight is 974 g/mol. The number of benzene rings is 2. The van der Waals surface area contributed by atoms with Gasteiger partial charge < -0.3 is 21.7 Å².